The zero-order chi connectivity index (χ0) is 16.7. The molecule has 1 rings (SSSR count). The number of benzene rings is 1. The Balaban J connectivity index is 2.50. The van der Waals surface area contributed by atoms with Crippen molar-refractivity contribution in [3.05, 3.63) is 28.2 Å². The molecule has 3 amide bonds. The SMILES string of the molecule is COc1ccc(C(=O)OCC(=O)NC(=O)NC(C)C)cc1Br. The number of hydrogen-bond donors (Lipinski definition) is 2. The Bertz CT molecular complexity index is 574. The Morgan fingerprint density at radius 3 is 2.50 bits per heavy atom. The van der Waals surface area contributed by atoms with E-state index < -0.39 is 24.5 Å². The molecule has 0 radical (unpaired) electrons. The summed E-state index contributed by atoms with van der Waals surface area (Å²) in [6.45, 7) is 2.96. The second-order valence-electron chi connectivity index (χ2n) is 4.60. The molecule has 1 aromatic rings. The fourth-order valence-electron chi connectivity index (χ4n) is 1.47. The van der Waals surface area contributed by atoms with Crippen LogP contribution >= 0.6 is 15.9 Å². The van der Waals surface area contributed by atoms with Crippen LogP contribution in [0.25, 0.3) is 0 Å². The molecule has 0 spiro atoms. The number of hydrogen-bond acceptors (Lipinski definition) is 5. The Morgan fingerprint density at radius 2 is 1.95 bits per heavy atom. The molecule has 0 heterocycles. The van der Waals surface area contributed by atoms with E-state index in [-0.39, 0.29) is 11.6 Å². The predicted octanol–water partition coefficient (Wildman–Crippen LogP) is 1.85. The summed E-state index contributed by atoms with van der Waals surface area (Å²) in [6.07, 6.45) is 0. The minimum Gasteiger partial charge on any atom is -0.496 e. The van der Waals surface area contributed by atoms with Crippen molar-refractivity contribution in [1.82, 2.24) is 10.6 Å². The highest BCUT2D eigenvalue weighted by Gasteiger charge is 2.14. The number of rotatable bonds is 5. The summed E-state index contributed by atoms with van der Waals surface area (Å²) in [5, 5.41) is 4.53. The molecule has 0 saturated heterocycles. The molecule has 8 heteroatoms. The summed E-state index contributed by atoms with van der Waals surface area (Å²) in [4.78, 5) is 34.5. The van der Waals surface area contributed by atoms with Gasteiger partial charge in [0.15, 0.2) is 6.61 Å². The quantitative estimate of drug-likeness (QED) is 0.769. The summed E-state index contributed by atoms with van der Waals surface area (Å²) in [7, 11) is 1.50. The van der Waals surface area contributed by atoms with Crippen molar-refractivity contribution < 1.29 is 23.9 Å². The first-order chi connectivity index (χ1) is 10.3. The van der Waals surface area contributed by atoms with Crippen molar-refractivity contribution in [1.29, 1.82) is 0 Å². The van der Waals surface area contributed by atoms with Gasteiger partial charge in [0.1, 0.15) is 5.75 Å². The van der Waals surface area contributed by atoms with Crippen LogP contribution in [0.3, 0.4) is 0 Å². The van der Waals surface area contributed by atoms with Gasteiger partial charge in [-0.2, -0.15) is 0 Å². The fraction of sp³-hybridized carbons (Fsp3) is 0.357. The van der Waals surface area contributed by atoms with E-state index in [1.807, 2.05) is 0 Å². The molecule has 0 unspecified atom stereocenters. The maximum atomic E-state index is 11.8. The van der Waals surface area contributed by atoms with Gasteiger partial charge in [0.25, 0.3) is 5.91 Å². The van der Waals surface area contributed by atoms with Gasteiger partial charge in [0.05, 0.1) is 17.1 Å². The van der Waals surface area contributed by atoms with Crippen LogP contribution in [0.15, 0.2) is 22.7 Å². The van der Waals surface area contributed by atoms with Gasteiger partial charge in [-0.25, -0.2) is 9.59 Å². The molecule has 0 atom stereocenters. The molecular formula is C14H17BrN2O5. The number of halogens is 1. The number of urea groups is 1. The predicted molar refractivity (Wildman–Crippen MR) is 82.8 cm³/mol. The summed E-state index contributed by atoms with van der Waals surface area (Å²) < 4.78 is 10.5. The average molecular weight is 373 g/mol. The number of nitrogens with one attached hydrogen (secondary N) is 2. The van der Waals surface area contributed by atoms with Gasteiger partial charge in [-0.15, -0.1) is 0 Å². The van der Waals surface area contributed by atoms with Crippen LogP contribution in [-0.4, -0.2) is 37.7 Å². The van der Waals surface area contributed by atoms with E-state index in [0.29, 0.717) is 10.2 Å². The lowest BCUT2D eigenvalue weighted by atomic mass is 10.2. The number of ether oxygens (including phenoxy) is 2. The van der Waals surface area contributed by atoms with Crippen LogP contribution < -0.4 is 15.4 Å². The zero-order valence-electron chi connectivity index (χ0n) is 12.4. The standard InChI is InChI=1S/C14H17BrN2O5/c1-8(2)16-14(20)17-12(18)7-22-13(19)9-4-5-11(21-3)10(15)6-9/h4-6,8H,7H2,1-3H3,(H2,16,17,18,20). The Hall–Kier alpha value is -2.09. The number of methoxy groups -OCH3 is 1. The fourth-order valence-corrected chi connectivity index (χ4v) is 2.01. The molecule has 0 saturated carbocycles. The van der Waals surface area contributed by atoms with Gasteiger partial charge in [0, 0.05) is 6.04 Å². The van der Waals surface area contributed by atoms with Crippen molar-refractivity contribution in [2.75, 3.05) is 13.7 Å². The van der Waals surface area contributed by atoms with Crippen LogP contribution in [0.1, 0.15) is 24.2 Å². The van der Waals surface area contributed by atoms with Crippen molar-refractivity contribution in [3.8, 4) is 5.75 Å². The van der Waals surface area contributed by atoms with Crippen molar-refractivity contribution in [3.63, 3.8) is 0 Å². The highest BCUT2D eigenvalue weighted by Crippen LogP contribution is 2.25. The normalized spacial score (nSPS) is 10.0. The molecule has 0 aliphatic rings. The van der Waals surface area contributed by atoms with E-state index in [0.717, 1.165) is 0 Å². The molecule has 0 bridgehead atoms. The largest absolute Gasteiger partial charge is 0.496 e. The Labute approximate surface area is 136 Å². The molecule has 1 aromatic carbocycles. The second-order valence-corrected chi connectivity index (χ2v) is 5.46. The van der Waals surface area contributed by atoms with Gasteiger partial charge in [-0.05, 0) is 48.0 Å². The van der Waals surface area contributed by atoms with Crippen LogP contribution in [0.5, 0.6) is 5.75 Å². The van der Waals surface area contributed by atoms with Crippen molar-refractivity contribution in [2.24, 2.45) is 0 Å². The highest BCUT2D eigenvalue weighted by molar-refractivity contribution is 9.10. The number of amides is 3. The summed E-state index contributed by atoms with van der Waals surface area (Å²) in [6, 6.07) is 3.88. The molecule has 0 fully saturated rings. The van der Waals surface area contributed by atoms with Gasteiger partial charge < -0.3 is 14.8 Å². The van der Waals surface area contributed by atoms with Gasteiger partial charge in [-0.3, -0.25) is 10.1 Å². The van der Waals surface area contributed by atoms with E-state index >= 15 is 0 Å². The van der Waals surface area contributed by atoms with Gasteiger partial charge >= 0.3 is 12.0 Å². The molecule has 0 aliphatic carbocycles. The minimum atomic E-state index is -0.709. The van der Waals surface area contributed by atoms with Gasteiger partial charge in [-0.1, -0.05) is 0 Å². The van der Waals surface area contributed by atoms with E-state index in [2.05, 4.69) is 26.6 Å². The maximum absolute atomic E-state index is 11.8. The second kappa shape index (κ2) is 8.38. The van der Waals surface area contributed by atoms with Crippen molar-refractivity contribution in [2.45, 2.75) is 19.9 Å². The molecule has 0 aliphatic heterocycles. The van der Waals surface area contributed by atoms with Crippen LogP contribution in [-0.2, 0) is 9.53 Å². The molecular weight excluding hydrogens is 356 g/mol. The van der Waals surface area contributed by atoms with E-state index in [1.165, 1.54) is 19.2 Å². The van der Waals surface area contributed by atoms with E-state index in [4.69, 9.17) is 9.47 Å². The number of carbonyl (C=O) groups excluding carboxylic acids is 3. The molecule has 7 nitrogen and oxygen atoms in total. The molecule has 2 N–H and O–H groups in total. The van der Waals surface area contributed by atoms with Crippen LogP contribution in [0.2, 0.25) is 0 Å². The third-order valence-electron chi connectivity index (χ3n) is 2.39. The Kier molecular flexibility index (Phi) is 6.84. The van der Waals surface area contributed by atoms with Crippen LogP contribution in [0, 0.1) is 0 Å². The van der Waals surface area contributed by atoms with E-state index in [1.54, 1.807) is 19.9 Å². The zero-order valence-corrected chi connectivity index (χ0v) is 14.0. The topological polar surface area (TPSA) is 93.7 Å². The lowest BCUT2D eigenvalue weighted by molar-refractivity contribution is -0.123. The van der Waals surface area contributed by atoms with Gasteiger partial charge in [0.2, 0.25) is 0 Å². The number of carbonyl (C=O) groups is 3. The van der Waals surface area contributed by atoms with Crippen LogP contribution in [0.4, 0.5) is 4.79 Å². The molecule has 22 heavy (non-hydrogen) atoms. The average Bonchev–Trinajstić information content (AvgIpc) is 2.43. The lowest BCUT2D eigenvalue weighted by Gasteiger charge is -2.10. The first-order valence-corrected chi connectivity index (χ1v) is 7.23. The highest BCUT2D eigenvalue weighted by atomic mass is 79.9. The monoisotopic (exact) mass is 372 g/mol. The third-order valence-corrected chi connectivity index (χ3v) is 3.01. The Morgan fingerprint density at radius 1 is 1.27 bits per heavy atom. The molecule has 0 aromatic heterocycles. The first-order valence-electron chi connectivity index (χ1n) is 6.44. The number of imide groups is 1. The van der Waals surface area contributed by atoms with E-state index in [9.17, 15) is 14.4 Å². The lowest BCUT2D eigenvalue weighted by Crippen LogP contribution is -2.44. The number of esters is 1. The maximum Gasteiger partial charge on any atom is 0.338 e. The summed E-state index contributed by atoms with van der Waals surface area (Å²) >= 11 is 3.25. The smallest absolute Gasteiger partial charge is 0.338 e. The third kappa shape index (κ3) is 5.72. The summed E-state index contributed by atoms with van der Waals surface area (Å²) in [5.41, 5.74) is 0.257. The minimum absolute atomic E-state index is 0.105. The first kappa shape index (κ1) is 18.0. The summed E-state index contributed by atoms with van der Waals surface area (Å²) in [5.74, 6) is -0.818. The molecule has 120 valence electrons. The van der Waals surface area contributed by atoms with Crippen molar-refractivity contribution >= 4 is 33.8 Å².